The van der Waals surface area contributed by atoms with E-state index in [1.807, 2.05) is 27.7 Å². The molecule has 0 unspecified atom stereocenters. The van der Waals surface area contributed by atoms with E-state index in [-0.39, 0.29) is 11.1 Å². The summed E-state index contributed by atoms with van der Waals surface area (Å²) < 4.78 is 0. The Bertz CT molecular complexity index is 312. The molecular weight excluding hydrogens is 204 g/mol. The Morgan fingerprint density at radius 1 is 1.38 bits per heavy atom. The maximum absolute atomic E-state index is 11.3. The third-order valence-electron chi connectivity index (χ3n) is 2.74. The maximum Gasteiger partial charge on any atom is 0.349 e. The van der Waals surface area contributed by atoms with Crippen LogP contribution in [0.5, 0.6) is 0 Å². The summed E-state index contributed by atoms with van der Waals surface area (Å²) in [5.74, 6) is -0.449. The van der Waals surface area contributed by atoms with E-state index in [0.717, 1.165) is 6.08 Å². The van der Waals surface area contributed by atoms with Crippen molar-refractivity contribution in [3.05, 3.63) is 12.7 Å². The molecule has 1 fully saturated rings. The van der Waals surface area contributed by atoms with Crippen LogP contribution in [-0.2, 0) is 9.63 Å². The Hall–Kier alpha value is -1.16. The average molecular weight is 224 g/mol. The SMILES string of the molecule is C=CC(=O)ON1C(C)(C)CC(=N)CC1(C)C. The van der Waals surface area contributed by atoms with Gasteiger partial charge in [0.05, 0.1) is 11.1 Å². The largest absolute Gasteiger partial charge is 0.363 e. The number of carbonyl (C=O) groups is 1. The van der Waals surface area contributed by atoms with Gasteiger partial charge < -0.3 is 10.2 Å². The molecule has 0 bridgehead atoms. The first kappa shape index (κ1) is 12.9. The van der Waals surface area contributed by atoms with Gasteiger partial charge in [0.25, 0.3) is 0 Å². The van der Waals surface area contributed by atoms with Gasteiger partial charge in [0.15, 0.2) is 0 Å². The van der Waals surface area contributed by atoms with E-state index >= 15 is 0 Å². The highest BCUT2D eigenvalue weighted by Crippen LogP contribution is 2.36. The Kier molecular flexibility index (Phi) is 3.24. The topological polar surface area (TPSA) is 53.4 Å². The number of rotatable bonds is 2. The van der Waals surface area contributed by atoms with Gasteiger partial charge in [-0.25, -0.2) is 4.79 Å². The number of piperidine rings is 1. The molecule has 0 aromatic heterocycles. The minimum absolute atomic E-state index is 0.350. The van der Waals surface area contributed by atoms with Crippen LogP contribution in [0.3, 0.4) is 0 Å². The molecule has 0 saturated carbocycles. The second kappa shape index (κ2) is 4.01. The molecule has 0 amide bonds. The average Bonchev–Trinajstić information content (AvgIpc) is 2.08. The van der Waals surface area contributed by atoms with Crippen molar-refractivity contribution in [3.8, 4) is 0 Å². The molecule has 1 aliphatic rings. The molecule has 16 heavy (non-hydrogen) atoms. The van der Waals surface area contributed by atoms with E-state index in [0.29, 0.717) is 18.6 Å². The molecule has 1 rings (SSSR count). The van der Waals surface area contributed by atoms with Gasteiger partial charge in [0.2, 0.25) is 0 Å². The van der Waals surface area contributed by atoms with Gasteiger partial charge in [0.1, 0.15) is 0 Å². The highest BCUT2D eigenvalue weighted by atomic mass is 16.7. The smallest absolute Gasteiger partial charge is 0.349 e. The van der Waals surface area contributed by atoms with Crippen molar-refractivity contribution in [3.63, 3.8) is 0 Å². The number of carbonyl (C=O) groups excluding carboxylic acids is 1. The fourth-order valence-corrected chi connectivity index (χ4v) is 2.44. The molecule has 0 aromatic carbocycles. The molecule has 90 valence electrons. The Balaban J connectivity index is 2.96. The lowest BCUT2D eigenvalue weighted by Crippen LogP contribution is -2.61. The van der Waals surface area contributed by atoms with Crippen LogP contribution < -0.4 is 0 Å². The lowest BCUT2D eigenvalue weighted by molar-refractivity contribution is -0.250. The number of nitrogens with zero attached hydrogens (tertiary/aromatic N) is 1. The van der Waals surface area contributed by atoms with Crippen LogP contribution in [0, 0.1) is 5.41 Å². The van der Waals surface area contributed by atoms with Crippen molar-refractivity contribution >= 4 is 11.7 Å². The minimum atomic E-state index is -0.449. The van der Waals surface area contributed by atoms with E-state index in [1.165, 1.54) is 0 Å². The fourth-order valence-electron chi connectivity index (χ4n) is 2.44. The van der Waals surface area contributed by atoms with Crippen LogP contribution in [0.15, 0.2) is 12.7 Å². The summed E-state index contributed by atoms with van der Waals surface area (Å²) in [5.41, 5.74) is -0.00412. The first-order valence-corrected chi connectivity index (χ1v) is 5.40. The quantitative estimate of drug-likeness (QED) is 0.732. The minimum Gasteiger partial charge on any atom is -0.363 e. The summed E-state index contributed by atoms with van der Waals surface area (Å²) in [7, 11) is 0. The van der Waals surface area contributed by atoms with E-state index < -0.39 is 5.97 Å². The second-order valence-electron chi connectivity index (χ2n) is 5.49. The predicted molar refractivity (Wildman–Crippen MR) is 63.2 cm³/mol. The summed E-state index contributed by atoms with van der Waals surface area (Å²) in [6.45, 7) is 11.3. The predicted octanol–water partition coefficient (Wildman–Crippen LogP) is 2.30. The van der Waals surface area contributed by atoms with Crippen molar-refractivity contribution in [1.29, 1.82) is 5.41 Å². The zero-order valence-electron chi connectivity index (χ0n) is 10.5. The van der Waals surface area contributed by atoms with Gasteiger partial charge in [-0.15, -0.1) is 5.06 Å². The second-order valence-corrected chi connectivity index (χ2v) is 5.49. The lowest BCUT2D eigenvalue weighted by Gasteiger charge is -2.50. The zero-order valence-corrected chi connectivity index (χ0v) is 10.5. The van der Waals surface area contributed by atoms with Gasteiger partial charge in [-0.05, 0) is 27.7 Å². The Morgan fingerprint density at radius 3 is 2.19 bits per heavy atom. The van der Waals surface area contributed by atoms with Gasteiger partial charge in [-0.1, -0.05) is 6.58 Å². The summed E-state index contributed by atoms with van der Waals surface area (Å²) in [6, 6.07) is 0. The van der Waals surface area contributed by atoms with Crippen molar-refractivity contribution < 1.29 is 9.63 Å². The van der Waals surface area contributed by atoms with E-state index in [4.69, 9.17) is 10.2 Å². The lowest BCUT2D eigenvalue weighted by atomic mass is 9.81. The summed E-state index contributed by atoms with van der Waals surface area (Å²) in [4.78, 5) is 16.6. The van der Waals surface area contributed by atoms with Gasteiger partial charge in [-0.2, -0.15) is 0 Å². The first-order chi connectivity index (χ1) is 7.19. The highest BCUT2D eigenvalue weighted by molar-refractivity contribution is 5.85. The molecular formula is C12H20N2O2. The standard InChI is InChI=1S/C12H20N2O2/c1-6-10(15)16-14-11(2,3)7-9(13)8-12(14,4)5/h6,13H,1,7-8H2,2-5H3. The van der Waals surface area contributed by atoms with Gasteiger partial charge >= 0.3 is 5.97 Å². The third-order valence-corrected chi connectivity index (χ3v) is 2.74. The fraction of sp³-hybridized carbons (Fsp3) is 0.667. The molecule has 0 atom stereocenters. The van der Waals surface area contributed by atoms with Crippen molar-refractivity contribution in [2.24, 2.45) is 0 Å². The van der Waals surface area contributed by atoms with Crippen LogP contribution in [0.4, 0.5) is 0 Å². The first-order valence-electron chi connectivity index (χ1n) is 5.40. The molecule has 0 aliphatic carbocycles. The molecule has 4 heteroatoms. The van der Waals surface area contributed by atoms with E-state index in [1.54, 1.807) is 5.06 Å². The number of hydrogen-bond donors (Lipinski definition) is 1. The normalized spacial score (nSPS) is 23.9. The molecule has 1 N–H and O–H groups in total. The van der Waals surface area contributed by atoms with Crippen LogP contribution in [0.1, 0.15) is 40.5 Å². The van der Waals surface area contributed by atoms with Crippen molar-refractivity contribution in [2.45, 2.75) is 51.6 Å². The summed E-state index contributed by atoms with van der Waals surface area (Å²) in [6.07, 6.45) is 2.38. The van der Waals surface area contributed by atoms with Crippen LogP contribution >= 0.6 is 0 Å². The summed E-state index contributed by atoms with van der Waals surface area (Å²) >= 11 is 0. The molecule has 4 nitrogen and oxygen atoms in total. The van der Waals surface area contributed by atoms with Gasteiger partial charge in [0, 0.05) is 24.6 Å². The third kappa shape index (κ3) is 2.50. The molecule has 0 aromatic rings. The maximum atomic E-state index is 11.3. The van der Waals surface area contributed by atoms with Crippen LogP contribution in [0.2, 0.25) is 0 Å². The molecule has 0 radical (unpaired) electrons. The monoisotopic (exact) mass is 224 g/mol. The van der Waals surface area contributed by atoms with Crippen LogP contribution in [0.25, 0.3) is 0 Å². The Labute approximate surface area is 96.7 Å². The number of hydroxylamine groups is 2. The summed E-state index contributed by atoms with van der Waals surface area (Å²) in [5, 5.41) is 9.53. The van der Waals surface area contributed by atoms with E-state index in [2.05, 4.69) is 6.58 Å². The Morgan fingerprint density at radius 2 is 1.81 bits per heavy atom. The molecule has 1 saturated heterocycles. The van der Waals surface area contributed by atoms with E-state index in [9.17, 15) is 4.79 Å². The molecule has 1 heterocycles. The van der Waals surface area contributed by atoms with Crippen LogP contribution in [-0.4, -0.2) is 27.8 Å². The molecule has 1 aliphatic heterocycles. The zero-order chi connectivity index (χ0) is 12.6. The van der Waals surface area contributed by atoms with Crippen molar-refractivity contribution in [2.75, 3.05) is 0 Å². The highest BCUT2D eigenvalue weighted by Gasteiger charge is 2.46. The number of nitrogens with one attached hydrogen (secondary N) is 1. The number of hydrogen-bond acceptors (Lipinski definition) is 4. The molecule has 0 spiro atoms. The van der Waals surface area contributed by atoms with Gasteiger partial charge in [-0.3, -0.25) is 0 Å². The van der Waals surface area contributed by atoms with Crippen molar-refractivity contribution in [1.82, 2.24) is 5.06 Å².